The Morgan fingerprint density at radius 2 is 1.75 bits per heavy atom. The van der Waals surface area contributed by atoms with E-state index in [1.165, 1.54) is 22.8 Å². The van der Waals surface area contributed by atoms with Gasteiger partial charge in [0.05, 0.1) is 4.90 Å². The number of carbonyl (C=O) groups is 1. The molecule has 0 saturated carbocycles. The van der Waals surface area contributed by atoms with Gasteiger partial charge < -0.3 is 10.3 Å². The molecule has 1 heterocycles. The third-order valence-corrected chi connectivity index (χ3v) is 3.79. The molecule has 0 aliphatic heterocycles. The van der Waals surface area contributed by atoms with Gasteiger partial charge in [-0.05, 0) is 24.3 Å². The summed E-state index contributed by atoms with van der Waals surface area (Å²) in [6.07, 6.45) is 1.55. The summed E-state index contributed by atoms with van der Waals surface area (Å²) in [6, 6.07) is 12.7. The second-order valence-corrected chi connectivity index (χ2v) is 5.64. The van der Waals surface area contributed by atoms with E-state index in [0.717, 1.165) is 0 Å². The van der Waals surface area contributed by atoms with Crippen molar-refractivity contribution in [2.45, 2.75) is 11.4 Å². The first-order valence-electron chi connectivity index (χ1n) is 5.79. The monoisotopic (exact) mass is 291 g/mol. The lowest BCUT2D eigenvalue weighted by atomic mass is 10.4. The molecule has 7 heteroatoms. The number of carbonyl (C=O) groups excluding carboxylic acids is 1. The number of rotatable bonds is 4. The number of aromatic nitrogens is 1. The lowest BCUT2D eigenvalue weighted by molar-refractivity contribution is -0.118. The first kappa shape index (κ1) is 14.0. The molecule has 0 aliphatic carbocycles. The topological polar surface area (TPSA) is 94.5 Å². The van der Waals surface area contributed by atoms with Crippen molar-refractivity contribution in [2.24, 2.45) is 10.1 Å². The molecule has 0 bridgehead atoms. The molecule has 6 nitrogen and oxygen atoms in total. The maximum absolute atomic E-state index is 12.1. The fourth-order valence-electron chi connectivity index (χ4n) is 1.62. The van der Waals surface area contributed by atoms with Crippen molar-refractivity contribution in [2.75, 3.05) is 0 Å². The van der Waals surface area contributed by atoms with Crippen LogP contribution < -0.4 is 11.2 Å². The van der Waals surface area contributed by atoms with Gasteiger partial charge >= 0.3 is 0 Å². The molecule has 0 saturated heterocycles. The van der Waals surface area contributed by atoms with Crippen LogP contribution in [0, 0.1) is 0 Å². The third-order valence-electron chi connectivity index (χ3n) is 2.50. The van der Waals surface area contributed by atoms with Crippen LogP contribution in [-0.2, 0) is 21.4 Å². The Morgan fingerprint density at radius 3 is 2.40 bits per heavy atom. The van der Waals surface area contributed by atoms with E-state index in [0.29, 0.717) is 0 Å². The van der Waals surface area contributed by atoms with E-state index in [2.05, 4.69) is 4.40 Å². The highest BCUT2D eigenvalue weighted by Gasteiger charge is 2.11. The van der Waals surface area contributed by atoms with E-state index >= 15 is 0 Å². The fourth-order valence-corrected chi connectivity index (χ4v) is 2.64. The Morgan fingerprint density at radius 1 is 1.10 bits per heavy atom. The Kier molecular flexibility index (Phi) is 3.99. The van der Waals surface area contributed by atoms with Gasteiger partial charge in [-0.3, -0.25) is 4.79 Å². The summed E-state index contributed by atoms with van der Waals surface area (Å²) < 4.78 is 29.4. The number of hydrogen-bond donors (Lipinski definition) is 1. The van der Waals surface area contributed by atoms with Crippen LogP contribution >= 0.6 is 0 Å². The van der Waals surface area contributed by atoms with Crippen LogP contribution in [0.25, 0.3) is 0 Å². The van der Waals surface area contributed by atoms with E-state index in [1.807, 2.05) is 0 Å². The zero-order valence-electron chi connectivity index (χ0n) is 10.5. The van der Waals surface area contributed by atoms with Gasteiger partial charge in [-0.25, -0.2) is 0 Å². The Labute approximate surface area is 116 Å². The lowest BCUT2D eigenvalue weighted by Crippen LogP contribution is -2.28. The van der Waals surface area contributed by atoms with Crippen molar-refractivity contribution in [3.63, 3.8) is 0 Å². The molecular weight excluding hydrogens is 278 g/mol. The van der Waals surface area contributed by atoms with Crippen LogP contribution in [0.4, 0.5) is 0 Å². The summed E-state index contributed by atoms with van der Waals surface area (Å²) in [5.74, 6) is -0.574. The highest BCUT2D eigenvalue weighted by atomic mass is 32.2. The molecule has 1 aromatic carbocycles. The minimum atomic E-state index is -3.82. The molecule has 0 fully saturated rings. The molecule has 0 atom stereocenters. The lowest BCUT2D eigenvalue weighted by Gasteiger charge is -2.04. The van der Waals surface area contributed by atoms with Crippen molar-refractivity contribution in [3.05, 3.63) is 60.2 Å². The fraction of sp³-hybridized carbons (Fsp3) is 0.0769. The third kappa shape index (κ3) is 3.33. The molecule has 0 unspecified atom stereocenters. The number of primary amides is 1. The zero-order chi connectivity index (χ0) is 14.6. The van der Waals surface area contributed by atoms with Gasteiger partial charge in [-0.15, -0.1) is 4.40 Å². The number of benzene rings is 1. The van der Waals surface area contributed by atoms with Gasteiger partial charge in [0.15, 0.2) is 0 Å². The average Bonchev–Trinajstić information content (AvgIpc) is 2.41. The van der Waals surface area contributed by atoms with Crippen LogP contribution in [0.15, 0.2) is 64.0 Å². The first-order chi connectivity index (χ1) is 9.49. The van der Waals surface area contributed by atoms with Crippen LogP contribution in [0.5, 0.6) is 0 Å². The number of hydrogen-bond acceptors (Lipinski definition) is 3. The quantitative estimate of drug-likeness (QED) is 0.875. The predicted molar refractivity (Wildman–Crippen MR) is 72.8 cm³/mol. The normalized spacial score (nSPS) is 12.3. The standard InChI is InChI=1S/C13H13N3O3S/c14-12(17)10-16-9-5-4-8-13(16)15-20(18,19)11-6-2-1-3-7-11/h1-9H,10H2,(H2,14,17)/b15-13-. The molecule has 104 valence electrons. The van der Waals surface area contributed by atoms with Gasteiger partial charge in [0, 0.05) is 6.20 Å². The Hall–Kier alpha value is -2.41. The highest BCUT2D eigenvalue weighted by Crippen LogP contribution is 2.09. The SMILES string of the molecule is NC(=O)Cn1cccc/c1=N/S(=O)(=O)c1ccccc1. The summed E-state index contributed by atoms with van der Waals surface area (Å²) in [5, 5.41) is 0. The average molecular weight is 291 g/mol. The largest absolute Gasteiger partial charge is 0.368 e. The van der Waals surface area contributed by atoms with Crippen molar-refractivity contribution >= 4 is 15.9 Å². The summed E-state index contributed by atoms with van der Waals surface area (Å²) in [6.45, 7) is -0.135. The number of amides is 1. The van der Waals surface area contributed by atoms with E-state index in [9.17, 15) is 13.2 Å². The van der Waals surface area contributed by atoms with Crippen LogP contribution in [0.1, 0.15) is 0 Å². The van der Waals surface area contributed by atoms with Crippen LogP contribution in [0.3, 0.4) is 0 Å². The van der Waals surface area contributed by atoms with Crippen molar-refractivity contribution in [1.82, 2.24) is 4.57 Å². The maximum atomic E-state index is 12.1. The minimum absolute atomic E-state index is 0.0921. The molecule has 0 spiro atoms. The molecule has 0 aliphatic rings. The summed E-state index contributed by atoms with van der Waals surface area (Å²) >= 11 is 0. The summed E-state index contributed by atoms with van der Waals surface area (Å²) in [7, 11) is -3.82. The summed E-state index contributed by atoms with van der Waals surface area (Å²) in [5.41, 5.74) is 5.27. The predicted octanol–water partition coefficient (Wildman–Crippen LogP) is 0.263. The minimum Gasteiger partial charge on any atom is -0.368 e. The van der Waals surface area contributed by atoms with E-state index < -0.39 is 15.9 Å². The van der Waals surface area contributed by atoms with Crippen molar-refractivity contribution in [1.29, 1.82) is 0 Å². The number of nitrogens with zero attached hydrogens (tertiary/aromatic N) is 2. The molecule has 20 heavy (non-hydrogen) atoms. The van der Waals surface area contributed by atoms with Gasteiger partial charge in [-0.2, -0.15) is 8.42 Å². The number of pyridine rings is 1. The molecule has 2 N–H and O–H groups in total. The summed E-state index contributed by atoms with van der Waals surface area (Å²) in [4.78, 5) is 11.1. The van der Waals surface area contributed by atoms with E-state index in [4.69, 9.17) is 5.73 Å². The molecule has 2 aromatic rings. The van der Waals surface area contributed by atoms with E-state index in [-0.39, 0.29) is 16.9 Å². The molecule has 0 radical (unpaired) electrons. The van der Waals surface area contributed by atoms with Gasteiger partial charge in [0.25, 0.3) is 10.0 Å². The number of sulfonamides is 1. The molecule has 2 rings (SSSR count). The van der Waals surface area contributed by atoms with Crippen molar-refractivity contribution in [3.8, 4) is 0 Å². The first-order valence-corrected chi connectivity index (χ1v) is 7.23. The second-order valence-electron chi connectivity index (χ2n) is 4.03. The van der Waals surface area contributed by atoms with Gasteiger partial charge in [-0.1, -0.05) is 24.3 Å². The van der Waals surface area contributed by atoms with Gasteiger partial charge in [0.2, 0.25) is 5.91 Å². The Bertz CT molecular complexity index is 780. The van der Waals surface area contributed by atoms with Crippen LogP contribution in [-0.4, -0.2) is 18.9 Å². The smallest absolute Gasteiger partial charge is 0.284 e. The highest BCUT2D eigenvalue weighted by molar-refractivity contribution is 7.90. The maximum Gasteiger partial charge on any atom is 0.284 e. The molecule has 1 amide bonds. The van der Waals surface area contributed by atoms with Gasteiger partial charge in [0.1, 0.15) is 12.0 Å². The second kappa shape index (κ2) is 5.70. The number of nitrogens with two attached hydrogens (primary N) is 1. The molecule has 1 aromatic heterocycles. The van der Waals surface area contributed by atoms with E-state index in [1.54, 1.807) is 36.5 Å². The van der Waals surface area contributed by atoms with Crippen molar-refractivity contribution < 1.29 is 13.2 Å². The molecular formula is C13H13N3O3S. The zero-order valence-corrected chi connectivity index (χ0v) is 11.3. The van der Waals surface area contributed by atoms with Crippen LogP contribution in [0.2, 0.25) is 0 Å². The Balaban J connectivity index is 2.54.